The highest BCUT2D eigenvalue weighted by molar-refractivity contribution is 7.07. The fraction of sp³-hybridized carbons (Fsp3) is 0.192. The Kier molecular flexibility index (Phi) is 7.72. The van der Waals surface area contributed by atoms with E-state index in [-0.39, 0.29) is 5.91 Å². The molecule has 174 valence electrons. The van der Waals surface area contributed by atoms with Gasteiger partial charge in [-0.05, 0) is 53.9 Å². The van der Waals surface area contributed by atoms with Gasteiger partial charge in [-0.1, -0.05) is 36.4 Å². The summed E-state index contributed by atoms with van der Waals surface area (Å²) in [5, 5.41) is 3.41. The van der Waals surface area contributed by atoms with Crippen LogP contribution in [0.1, 0.15) is 27.3 Å². The third-order valence-corrected chi connectivity index (χ3v) is 5.76. The molecular weight excluding hydrogens is 450 g/mol. The summed E-state index contributed by atoms with van der Waals surface area (Å²) in [6, 6.07) is 22.7. The van der Waals surface area contributed by atoms with E-state index in [1.807, 2.05) is 48.5 Å². The molecule has 0 aliphatic rings. The fourth-order valence-corrected chi connectivity index (χ4v) is 3.93. The zero-order valence-electron chi connectivity index (χ0n) is 19.0. The van der Waals surface area contributed by atoms with E-state index < -0.39 is 0 Å². The van der Waals surface area contributed by atoms with Crippen LogP contribution in [0.15, 0.2) is 72.8 Å². The molecule has 1 heterocycles. The van der Waals surface area contributed by atoms with Crippen molar-refractivity contribution in [3.63, 3.8) is 0 Å². The molecular formula is C26H25N3O4S. The Hall–Kier alpha value is -3.91. The van der Waals surface area contributed by atoms with Crippen LogP contribution in [-0.2, 0) is 12.8 Å². The SMILES string of the molecule is COc1ccc(CCNC(=O)c2ccc(Oc3nc(Cc4ccccc4)ns3)cc2)cc1OC. The second kappa shape index (κ2) is 11.3. The van der Waals surface area contributed by atoms with Crippen LogP contribution in [0.25, 0.3) is 0 Å². The molecule has 8 heteroatoms. The summed E-state index contributed by atoms with van der Waals surface area (Å²) >= 11 is 1.21. The first-order valence-corrected chi connectivity index (χ1v) is 11.6. The Morgan fingerprint density at radius 3 is 2.41 bits per heavy atom. The molecule has 0 spiro atoms. The lowest BCUT2D eigenvalue weighted by Gasteiger charge is -2.10. The highest BCUT2D eigenvalue weighted by Gasteiger charge is 2.10. The normalized spacial score (nSPS) is 10.5. The summed E-state index contributed by atoms with van der Waals surface area (Å²) < 4.78 is 20.7. The molecule has 4 rings (SSSR count). The summed E-state index contributed by atoms with van der Waals surface area (Å²) in [5.74, 6) is 2.53. The van der Waals surface area contributed by atoms with Crippen LogP contribution >= 0.6 is 11.5 Å². The first-order valence-electron chi connectivity index (χ1n) is 10.8. The summed E-state index contributed by atoms with van der Waals surface area (Å²) in [6.07, 6.45) is 1.33. The average Bonchev–Trinajstić information content (AvgIpc) is 3.31. The maximum atomic E-state index is 12.5. The molecule has 1 aromatic heterocycles. The minimum Gasteiger partial charge on any atom is -0.493 e. The molecule has 0 bridgehead atoms. The number of nitrogens with one attached hydrogen (secondary N) is 1. The highest BCUT2D eigenvalue weighted by atomic mass is 32.1. The topological polar surface area (TPSA) is 82.6 Å². The van der Waals surface area contributed by atoms with Crippen molar-refractivity contribution in [2.45, 2.75) is 12.8 Å². The molecule has 0 atom stereocenters. The van der Waals surface area contributed by atoms with Gasteiger partial charge in [-0.25, -0.2) is 0 Å². The first kappa shape index (κ1) is 23.3. The van der Waals surface area contributed by atoms with E-state index in [9.17, 15) is 4.79 Å². The Bertz CT molecular complexity index is 1230. The van der Waals surface area contributed by atoms with E-state index in [1.165, 1.54) is 11.5 Å². The number of ether oxygens (including phenoxy) is 3. The quantitative estimate of drug-likeness (QED) is 0.351. The molecule has 3 aromatic carbocycles. The number of hydrogen-bond donors (Lipinski definition) is 1. The third-order valence-electron chi connectivity index (χ3n) is 5.12. The number of rotatable bonds is 10. The Balaban J connectivity index is 1.27. The van der Waals surface area contributed by atoms with Gasteiger partial charge in [-0.2, -0.15) is 9.36 Å². The molecule has 7 nitrogen and oxygen atoms in total. The number of carbonyl (C=O) groups excluding carboxylic acids is 1. The minimum absolute atomic E-state index is 0.145. The number of benzene rings is 3. The lowest BCUT2D eigenvalue weighted by Crippen LogP contribution is -2.25. The van der Waals surface area contributed by atoms with Gasteiger partial charge in [0.05, 0.1) is 14.2 Å². The molecule has 0 aliphatic heterocycles. The Morgan fingerprint density at radius 1 is 0.912 bits per heavy atom. The number of nitrogens with zero attached hydrogens (tertiary/aromatic N) is 2. The van der Waals surface area contributed by atoms with Gasteiger partial charge in [-0.15, -0.1) is 0 Å². The van der Waals surface area contributed by atoms with Crippen LogP contribution in [0.5, 0.6) is 22.4 Å². The number of hydrogen-bond acceptors (Lipinski definition) is 7. The van der Waals surface area contributed by atoms with Gasteiger partial charge in [-0.3, -0.25) is 4.79 Å². The van der Waals surface area contributed by atoms with Gasteiger partial charge in [0.1, 0.15) is 5.75 Å². The largest absolute Gasteiger partial charge is 0.493 e. The van der Waals surface area contributed by atoms with Crippen molar-refractivity contribution in [2.75, 3.05) is 20.8 Å². The maximum absolute atomic E-state index is 12.5. The van der Waals surface area contributed by atoms with Crippen molar-refractivity contribution in [3.05, 3.63) is 95.3 Å². The molecule has 34 heavy (non-hydrogen) atoms. The second-order valence-corrected chi connectivity index (χ2v) is 8.17. The minimum atomic E-state index is -0.145. The standard InChI is InChI=1S/C26H25N3O4S/c1-31-22-13-8-19(16-23(22)32-2)14-15-27-25(30)20-9-11-21(12-10-20)33-26-28-24(29-34-26)17-18-6-4-3-5-7-18/h3-13,16H,14-15,17H2,1-2H3,(H,27,30). The summed E-state index contributed by atoms with van der Waals surface area (Å²) in [7, 11) is 3.20. The second-order valence-electron chi connectivity index (χ2n) is 7.46. The molecule has 1 amide bonds. The number of methoxy groups -OCH3 is 2. The Morgan fingerprint density at radius 2 is 1.68 bits per heavy atom. The zero-order chi connectivity index (χ0) is 23.8. The fourth-order valence-electron chi connectivity index (χ4n) is 3.36. The third kappa shape index (κ3) is 6.11. The molecule has 0 radical (unpaired) electrons. The van der Waals surface area contributed by atoms with E-state index >= 15 is 0 Å². The van der Waals surface area contributed by atoms with Crippen LogP contribution in [0.4, 0.5) is 0 Å². The van der Waals surface area contributed by atoms with Gasteiger partial charge in [0.2, 0.25) is 0 Å². The summed E-state index contributed by atoms with van der Waals surface area (Å²) in [6.45, 7) is 0.502. The molecule has 0 fully saturated rings. The van der Waals surface area contributed by atoms with Crippen molar-refractivity contribution in [2.24, 2.45) is 0 Å². The number of carbonyl (C=O) groups is 1. The van der Waals surface area contributed by atoms with Gasteiger partial charge in [0.25, 0.3) is 11.1 Å². The predicted octanol–water partition coefficient (Wildman–Crippen LogP) is 4.91. The number of aromatic nitrogens is 2. The van der Waals surface area contributed by atoms with Crippen LogP contribution in [-0.4, -0.2) is 36.0 Å². The first-order chi connectivity index (χ1) is 16.6. The molecule has 4 aromatic rings. The Labute approximate surface area is 202 Å². The van der Waals surface area contributed by atoms with Gasteiger partial charge >= 0.3 is 0 Å². The van der Waals surface area contributed by atoms with Crippen LogP contribution in [0.3, 0.4) is 0 Å². The van der Waals surface area contributed by atoms with Gasteiger partial charge in [0, 0.05) is 30.1 Å². The van der Waals surface area contributed by atoms with Crippen LogP contribution in [0.2, 0.25) is 0 Å². The predicted molar refractivity (Wildman–Crippen MR) is 131 cm³/mol. The monoisotopic (exact) mass is 475 g/mol. The van der Waals surface area contributed by atoms with E-state index in [1.54, 1.807) is 38.5 Å². The van der Waals surface area contributed by atoms with E-state index in [4.69, 9.17) is 14.2 Å². The summed E-state index contributed by atoms with van der Waals surface area (Å²) in [4.78, 5) is 16.9. The summed E-state index contributed by atoms with van der Waals surface area (Å²) in [5.41, 5.74) is 2.75. The maximum Gasteiger partial charge on any atom is 0.298 e. The van der Waals surface area contributed by atoms with Crippen LogP contribution < -0.4 is 19.5 Å². The highest BCUT2D eigenvalue weighted by Crippen LogP contribution is 2.27. The molecule has 0 unspecified atom stereocenters. The zero-order valence-corrected chi connectivity index (χ0v) is 19.8. The average molecular weight is 476 g/mol. The smallest absolute Gasteiger partial charge is 0.298 e. The van der Waals surface area contributed by atoms with Crippen molar-refractivity contribution >= 4 is 17.4 Å². The van der Waals surface area contributed by atoms with Crippen molar-refractivity contribution in [1.82, 2.24) is 14.7 Å². The van der Waals surface area contributed by atoms with Crippen LogP contribution in [0, 0.1) is 0 Å². The van der Waals surface area contributed by atoms with Crippen molar-refractivity contribution in [3.8, 4) is 22.4 Å². The molecule has 0 saturated carbocycles. The lowest BCUT2D eigenvalue weighted by atomic mass is 10.1. The van der Waals surface area contributed by atoms with E-state index in [0.717, 1.165) is 17.0 Å². The molecule has 1 N–H and O–H groups in total. The molecule has 0 saturated heterocycles. The lowest BCUT2D eigenvalue weighted by molar-refractivity contribution is 0.0954. The van der Waals surface area contributed by atoms with Gasteiger partial charge in [0.15, 0.2) is 17.3 Å². The van der Waals surface area contributed by atoms with Gasteiger partial charge < -0.3 is 19.5 Å². The van der Waals surface area contributed by atoms with E-state index in [2.05, 4.69) is 14.7 Å². The van der Waals surface area contributed by atoms with E-state index in [0.29, 0.717) is 47.4 Å². The van der Waals surface area contributed by atoms with Crippen molar-refractivity contribution < 1.29 is 19.0 Å². The molecule has 0 aliphatic carbocycles. The number of amides is 1. The van der Waals surface area contributed by atoms with Crippen molar-refractivity contribution in [1.29, 1.82) is 0 Å².